The van der Waals surface area contributed by atoms with E-state index >= 15 is 0 Å². The largest absolute Gasteiger partial charge is 0.295 e. The number of nitrogens with zero attached hydrogens (tertiary/aromatic N) is 4. The number of fused-ring (bicyclic) bond motifs is 1. The van der Waals surface area contributed by atoms with Gasteiger partial charge in [-0.25, -0.2) is 4.68 Å². The number of non-ortho nitro benzene ring substituents is 1. The summed E-state index contributed by atoms with van der Waals surface area (Å²) in [5, 5.41) is 23.9. The Morgan fingerprint density at radius 3 is 3.07 bits per heavy atom. The second kappa shape index (κ2) is 3.38. The summed E-state index contributed by atoms with van der Waals surface area (Å²) in [5.41, 5.74) is 0.365. The lowest BCUT2D eigenvalue weighted by Gasteiger charge is -1.97. The first-order chi connectivity index (χ1) is 7.24. The Morgan fingerprint density at radius 1 is 1.60 bits per heavy atom. The van der Waals surface area contributed by atoms with E-state index in [2.05, 4.69) is 5.10 Å². The molecule has 15 heavy (non-hydrogen) atoms. The second-order valence-corrected chi connectivity index (χ2v) is 2.93. The molecule has 0 amide bonds. The molecule has 1 aromatic heterocycles. The standard InChI is InChI=1S/C9H6N4O2/c10-4-5-12-9-7(6-11-12)2-1-3-8(9)13(14)15/h1-3,6H,5H2. The minimum Gasteiger partial charge on any atom is -0.258 e. The Bertz CT molecular complexity index is 567. The molecule has 0 aliphatic heterocycles. The third kappa shape index (κ3) is 1.40. The highest BCUT2D eigenvalue weighted by molar-refractivity contribution is 5.87. The Kier molecular flexibility index (Phi) is 2.06. The number of nitro groups is 1. The maximum atomic E-state index is 10.8. The fraction of sp³-hybridized carbons (Fsp3) is 0.111. The molecule has 6 heteroatoms. The smallest absolute Gasteiger partial charge is 0.258 e. The Balaban J connectivity index is 2.76. The Morgan fingerprint density at radius 2 is 2.40 bits per heavy atom. The van der Waals surface area contributed by atoms with Crippen LogP contribution in [-0.4, -0.2) is 14.7 Å². The zero-order valence-electron chi connectivity index (χ0n) is 7.62. The van der Waals surface area contributed by atoms with Crippen LogP contribution in [0.4, 0.5) is 5.69 Å². The summed E-state index contributed by atoms with van der Waals surface area (Å²) in [7, 11) is 0. The molecule has 74 valence electrons. The molecule has 1 aromatic carbocycles. The van der Waals surface area contributed by atoms with Gasteiger partial charge in [0.1, 0.15) is 12.1 Å². The van der Waals surface area contributed by atoms with E-state index in [0.717, 1.165) is 0 Å². The number of hydrogen-bond donors (Lipinski definition) is 0. The normalized spacial score (nSPS) is 10.1. The molecule has 0 saturated heterocycles. The first-order valence-corrected chi connectivity index (χ1v) is 4.20. The molecule has 0 fully saturated rings. The van der Waals surface area contributed by atoms with E-state index in [9.17, 15) is 10.1 Å². The Labute approximate surface area is 84.5 Å². The van der Waals surface area contributed by atoms with Crippen molar-refractivity contribution in [3.05, 3.63) is 34.5 Å². The van der Waals surface area contributed by atoms with Gasteiger partial charge in [0.25, 0.3) is 5.69 Å². The van der Waals surface area contributed by atoms with Crippen molar-refractivity contribution in [3.63, 3.8) is 0 Å². The lowest BCUT2D eigenvalue weighted by Crippen LogP contribution is -2.00. The number of benzene rings is 1. The average Bonchev–Trinajstić information content (AvgIpc) is 2.62. The zero-order chi connectivity index (χ0) is 10.8. The third-order valence-corrected chi connectivity index (χ3v) is 2.06. The summed E-state index contributed by atoms with van der Waals surface area (Å²) in [6, 6.07) is 6.63. The van der Waals surface area contributed by atoms with Crippen molar-refractivity contribution >= 4 is 16.6 Å². The summed E-state index contributed by atoms with van der Waals surface area (Å²) >= 11 is 0. The van der Waals surface area contributed by atoms with Crippen LogP contribution in [0.2, 0.25) is 0 Å². The van der Waals surface area contributed by atoms with Crippen LogP contribution in [-0.2, 0) is 6.54 Å². The molecule has 2 rings (SSSR count). The molecule has 0 aliphatic carbocycles. The second-order valence-electron chi connectivity index (χ2n) is 2.93. The van der Waals surface area contributed by atoms with Crippen molar-refractivity contribution in [2.24, 2.45) is 0 Å². The van der Waals surface area contributed by atoms with E-state index in [1.165, 1.54) is 16.9 Å². The molecule has 6 nitrogen and oxygen atoms in total. The predicted molar refractivity (Wildman–Crippen MR) is 52.0 cm³/mol. The van der Waals surface area contributed by atoms with Gasteiger partial charge >= 0.3 is 0 Å². The van der Waals surface area contributed by atoms with E-state index < -0.39 is 4.92 Å². The summed E-state index contributed by atoms with van der Waals surface area (Å²) in [6.45, 7) is 0.00829. The maximum absolute atomic E-state index is 10.8. The van der Waals surface area contributed by atoms with Gasteiger partial charge < -0.3 is 0 Å². The van der Waals surface area contributed by atoms with Crippen LogP contribution >= 0.6 is 0 Å². The number of rotatable bonds is 2. The molecule has 1 heterocycles. The van der Waals surface area contributed by atoms with Gasteiger partial charge in [-0.05, 0) is 0 Å². The van der Waals surface area contributed by atoms with Gasteiger partial charge in [-0.1, -0.05) is 12.1 Å². The average molecular weight is 202 g/mol. The van der Waals surface area contributed by atoms with Crippen LogP contribution < -0.4 is 0 Å². The quantitative estimate of drug-likeness (QED) is 0.545. The number of nitriles is 1. The van der Waals surface area contributed by atoms with Crippen molar-refractivity contribution in [2.45, 2.75) is 6.54 Å². The first kappa shape index (κ1) is 9.15. The zero-order valence-corrected chi connectivity index (χ0v) is 7.62. The van der Waals surface area contributed by atoms with E-state index in [1.54, 1.807) is 12.1 Å². The van der Waals surface area contributed by atoms with Gasteiger partial charge in [0.05, 0.1) is 17.2 Å². The summed E-state index contributed by atoms with van der Waals surface area (Å²) in [5.74, 6) is 0. The van der Waals surface area contributed by atoms with Gasteiger partial charge in [-0.2, -0.15) is 10.4 Å². The topological polar surface area (TPSA) is 84.8 Å². The number of nitro benzene ring substituents is 1. The van der Waals surface area contributed by atoms with Crippen LogP contribution in [0.25, 0.3) is 10.9 Å². The molecule has 0 bridgehead atoms. The third-order valence-electron chi connectivity index (χ3n) is 2.06. The van der Waals surface area contributed by atoms with Crippen LogP contribution in [0.15, 0.2) is 24.4 Å². The highest BCUT2D eigenvalue weighted by Gasteiger charge is 2.15. The number of hydrogen-bond acceptors (Lipinski definition) is 4. The van der Waals surface area contributed by atoms with Gasteiger partial charge in [-0.15, -0.1) is 0 Å². The van der Waals surface area contributed by atoms with Gasteiger partial charge in [-0.3, -0.25) is 10.1 Å². The molecule has 0 unspecified atom stereocenters. The van der Waals surface area contributed by atoms with Crippen LogP contribution in [0, 0.1) is 21.4 Å². The Hall–Kier alpha value is -2.42. The monoisotopic (exact) mass is 202 g/mol. The number of aromatic nitrogens is 2. The van der Waals surface area contributed by atoms with E-state index in [1.807, 2.05) is 6.07 Å². The van der Waals surface area contributed by atoms with Crippen molar-refractivity contribution in [3.8, 4) is 6.07 Å². The molecule has 0 aliphatic rings. The highest BCUT2D eigenvalue weighted by atomic mass is 16.6. The fourth-order valence-electron chi connectivity index (χ4n) is 1.46. The first-order valence-electron chi connectivity index (χ1n) is 4.20. The van der Waals surface area contributed by atoms with E-state index in [-0.39, 0.29) is 12.2 Å². The molecular formula is C9H6N4O2. The lowest BCUT2D eigenvalue weighted by atomic mass is 10.2. The molecule has 2 aromatic rings. The molecule has 0 atom stereocenters. The maximum Gasteiger partial charge on any atom is 0.295 e. The predicted octanol–water partition coefficient (Wildman–Crippen LogP) is 1.47. The molecule has 0 spiro atoms. The van der Waals surface area contributed by atoms with Crippen molar-refractivity contribution in [1.82, 2.24) is 9.78 Å². The van der Waals surface area contributed by atoms with Gasteiger partial charge in [0.2, 0.25) is 0 Å². The van der Waals surface area contributed by atoms with Crippen molar-refractivity contribution < 1.29 is 4.92 Å². The SMILES string of the molecule is N#CCn1ncc2cccc([N+](=O)[O-])c21. The minimum absolute atomic E-state index is 0.00829. The highest BCUT2D eigenvalue weighted by Crippen LogP contribution is 2.24. The van der Waals surface area contributed by atoms with Crippen LogP contribution in [0.5, 0.6) is 0 Å². The minimum atomic E-state index is -0.474. The van der Waals surface area contributed by atoms with E-state index in [4.69, 9.17) is 5.26 Å². The van der Waals surface area contributed by atoms with Crippen molar-refractivity contribution in [2.75, 3.05) is 0 Å². The lowest BCUT2D eigenvalue weighted by molar-refractivity contribution is -0.383. The molecule has 0 saturated carbocycles. The molecular weight excluding hydrogens is 196 g/mol. The van der Waals surface area contributed by atoms with Crippen molar-refractivity contribution in [1.29, 1.82) is 5.26 Å². The number of para-hydroxylation sites is 1. The van der Waals surface area contributed by atoms with E-state index in [0.29, 0.717) is 10.9 Å². The summed E-state index contributed by atoms with van der Waals surface area (Å²) < 4.78 is 1.33. The molecule has 0 N–H and O–H groups in total. The fourth-order valence-corrected chi connectivity index (χ4v) is 1.46. The van der Waals surface area contributed by atoms with Crippen LogP contribution in [0.1, 0.15) is 0 Å². The van der Waals surface area contributed by atoms with Gasteiger partial charge in [0.15, 0.2) is 0 Å². The molecule has 0 radical (unpaired) electrons. The van der Waals surface area contributed by atoms with Crippen LogP contribution in [0.3, 0.4) is 0 Å². The van der Waals surface area contributed by atoms with Gasteiger partial charge in [0, 0.05) is 11.5 Å². The summed E-state index contributed by atoms with van der Waals surface area (Å²) in [6.07, 6.45) is 1.51. The summed E-state index contributed by atoms with van der Waals surface area (Å²) in [4.78, 5) is 10.3.